The molecule has 0 aromatic carbocycles. The highest BCUT2D eigenvalue weighted by Crippen LogP contribution is 2.49. The number of nitrogens with one attached hydrogen (secondary N) is 1. The van der Waals surface area contributed by atoms with E-state index in [-0.39, 0.29) is 31.8 Å². The number of H-pyrrole nitrogens is 1. The molecule has 0 bridgehead atoms. The highest BCUT2D eigenvalue weighted by atomic mass is 16.6. The molecule has 1 aliphatic rings. The zero-order chi connectivity index (χ0) is 16.4. The lowest BCUT2D eigenvalue weighted by molar-refractivity contribution is -0.172. The van der Waals surface area contributed by atoms with Crippen molar-refractivity contribution in [3.05, 3.63) is 18.0 Å². The summed E-state index contributed by atoms with van der Waals surface area (Å²) in [6, 6.07) is 1.67. The van der Waals surface area contributed by atoms with Gasteiger partial charge in [-0.1, -0.05) is 0 Å². The van der Waals surface area contributed by atoms with Gasteiger partial charge in [-0.25, -0.2) is 0 Å². The molecule has 1 fully saturated rings. The molecule has 1 aromatic heterocycles. The molecule has 7 nitrogen and oxygen atoms in total. The van der Waals surface area contributed by atoms with Crippen molar-refractivity contribution < 1.29 is 23.9 Å². The molecule has 1 aromatic rings. The number of carbonyl (C=O) groups is 3. The Labute approximate surface area is 128 Å². The third kappa shape index (κ3) is 2.40. The van der Waals surface area contributed by atoms with Gasteiger partial charge in [0.25, 0.3) is 0 Å². The first-order valence-electron chi connectivity index (χ1n) is 7.28. The molecular weight excluding hydrogens is 288 g/mol. The Morgan fingerprint density at radius 3 is 2.32 bits per heavy atom. The lowest BCUT2D eigenvalue weighted by atomic mass is 9.78. The molecule has 0 amide bonds. The lowest BCUT2D eigenvalue weighted by Gasteiger charge is -2.26. The molecule has 0 aliphatic heterocycles. The molecule has 0 radical (unpaired) electrons. The molecule has 1 unspecified atom stereocenters. The van der Waals surface area contributed by atoms with Crippen molar-refractivity contribution in [2.24, 2.45) is 5.41 Å². The van der Waals surface area contributed by atoms with Crippen LogP contribution in [0.25, 0.3) is 0 Å². The summed E-state index contributed by atoms with van der Waals surface area (Å²) in [7, 11) is 0. The smallest absolute Gasteiger partial charge is 0.323 e. The van der Waals surface area contributed by atoms with Crippen molar-refractivity contribution in [2.45, 2.75) is 39.0 Å². The van der Waals surface area contributed by atoms with E-state index in [1.165, 1.54) is 0 Å². The fraction of sp³-hybridized carbons (Fsp3) is 0.600. The minimum absolute atomic E-state index is 0.00134. The molecule has 120 valence electrons. The van der Waals surface area contributed by atoms with Gasteiger partial charge in [0.15, 0.2) is 5.41 Å². The quantitative estimate of drug-likeness (QED) is 0.647. The lowest BCUT2D eigenvalue weighted by Crippen LogP contribution is -2.41. The minimum atomic E-state index is -1.59. The number of Topliss-reactive ketones (excluding diaryl/α,β-unsaturated/α-hetero) is 1. The van der Waals surface area contributed by atoms with Crippen molar-refractivity contribution in [2.75, 3.05) is 13.2 Å². The molecule has 1 saturated carbocycles. The van der Waals surface area contributed by atoms with Gasteiger partial charge in [0.05, 0.1) is 24.3 Å². The average Bonchev–Trinajstić information content (AvgIpc) is 3.08. The molecule has 1 heterocycles. The van der Waals surface area contributed by atoms with E-state index >= 15 is 0 Å². The van der Waals surface area contributed by atoms with Crippen molar-refractivity contribution in [3.63, 3.8) is 0 Å². The van der Waals surface area contributed by atoms with E-state index < -0.39 is 22.8 Å². The summed E-state index contributed by atoms with van der Waals surface area (Å²) in [5.74, 6) is -1.64. The summed E-state index contributed by atoms with van der Waals surface area (Å²) >= 11 is 0. The van der Waals surface area contributed by atoms with Crippen molar-refractivity contribution >= 4 is 17.7 Å². The molecule has 2 rings (SSSR count). The molecular formula is C15H20N2O5. The van der Waals surface area contributed by atoms with Crippen LogP contribution in [0.1, 0.15) is 39.3 Å². The predicted molar refractivity (Wildman–Crippen MR) is 75.9 cm³/mol. The van der Waals surface area contributed by atoms with Gasteiger partial charge in [0.1, 0.15) is 5.78 Å². The van der Waals surface area contributed by atoms with Gasteiger partial charge >= 0.3 is 11.9 Å². The van der Waals surface area contributed by atoms with Gasteiger partial charge in [0, 0.05) is 12.6 Å². The zero-order valence-corrected chi connectivity index (χ0v) is 13.0. The highest BCUT2D eigenvalue weighted by Gasteiger charge is 2.63. The van der Waals surface area contributed by atoms with Gasteiger partial charge in [-0.3, -0.25) is 19.5 Å². The van der Waals surface area contributed by atoms with Crippen LogP contribution in [0, 0.1) is 5.41 Å². The Morgan fingerprint density at radius 1 is 1.27 bits per heavy atom. The number of aromatic nitrogens is 2. The van der Waals surface area contributed by atoms with E-state index in [9.17, 15) is 14.4 Å². The number of hydrogen-bond donors (Lipinski definition) is 1. The summed E-state index contributed by atoms with van der Waals surface area (Å²) in [5.41, 5.74) is -2.09. The Hall–Kier alpha value is -2.18. The molecule has 1 N–H and O–H groups in total. The van der Waals surface area contributed by atoms with Crippen LogP contribution in [0.3, 0.4) is 0 Å². The highest BCUT2D eigenvalue weighted by molar-refractivity contribution is 6.09. The van der Waals surface area contributed by atoms with Crippen LogP contribution < -0.4 is 0 Å². The fourth-order valence-corrected chi connectivity index (χ4v) is 2.95. The van der Waals surface area contributed by atoms with Crippen molar-refractivity contribution in [3.8, 4) is 0 Å². The van der Waals surface area contributed by atoms with E-state index in [4.69, 9.17) is 9.47 Å². The summed E-state index contributed by atoms with van der Waals surface area (Å²) in [6.45, 7) is 5.26. The second-order valence-electron chi connectivity index (χ2n) is 5.59. The van der Waals surface area contributed by atoms with Gasteiger partial charge in [-0.2, -0.15) is 5.10 Å². The van der Waals surface area contributed by atoms with Gasteiger partial charge < -0.3 is 9.47 Å². The van der Waals surface area contributed by atoms with Crippen LogP contribution in [-0.4, -0.2) is 41.1 Å². The summed E-state index contributed by atoms with van der Waals surface area (Å²) in [4.78, 5) is 37.3. The van der Waals surface area contributed by atoms with Crippen LogP contribution >= 0.6 is 0 Å². The third-order valence-corrected chi connectivity index (χ3v) is 4.13. The second-order valence-corrected chi connectivity index (χ2v) is 5.59. The number of nitrogens with zero attached hydrogens (tertiary/aromatic N) is 1. The molecule has 1 aliphatic carbocycles. The maximum absolute atomic E-state index is 12.6. The van der Waals surface area contributed by atoms with Gasteiger partial charge in [-0.05, 0) is 33.3 Å². The van der Waals surface area contributed by atoms with Crippen LogP contribution in [-0.2, 0) is 29.3 Å². The Balaban J connectivity index is 2.42. The van der Waals surface area contributed by atoms with Gasteiger partial charge in [0.2, 0.25) is 0 Å². The number of ketones is 1. The van der Waals surface area contributed by atoms with E-state index in [0.717, 1.165) is 0 Å². The Morgan fingerprint density at radius 2 is 1.86 bits per heavy atom. The monoisotopic (exact) mass is 308 g/mol. The molecule has 7 heteroatoms. The fourth-order valence-electron chi connectivity index (χ4n) is 2.95. The normalized spacial score (nSPS) is 23.3. The van der Waals surface area contributed by atoms with Crippen molar-refractivity contribution in [1.82, 2.24) is 10.2 Å². The largest absolute Gasteiger partial charge is 0.465 e. The number of hydrogen-bond acceptors (Lipinski definition) is 6. The van der Waals surface area contributed by atoms with E-state index in [1.807, 2.05) is 0 Å². The average molecular weight is 308 g/mol. The number of rotatable bonds is 5. The molecule has 1 atom stereocenters. The summed E-state index contributed by atoms with van der Waals surface area (Å²) in [6.07, 6.45) is 1.37. The van der Waals surface area contributed by atoms with E-state index in [1.54, 1.807) is 33.0 Å². The second kappa shape index (κ2) is 5.90. The van der Waals surface area contributed by atoms with Crippen LogP contribution in [0.15, 0.2) is 12.3 Å². The topological polar surface area (TPSA) is 98.4 Å². The first kappa shape index (κ1) is 16.2. The zero-order valence-electron chi connectivity index (χ0n) is 13.0. The van der Waals surface area contributed by atoms with E-state index in [0.29, 0.717) is 5.69 Å². The van der Waals surface area contributed by atoms with Crippen LogP contribution in [0.5, 0.6) is 0 Å². The number of aromatic amines is 1. The maximum Gasteiger partial charge on any atom is 0.323 e. The minimum Gasteiger partial charge on any atom is -0.465 e. The summed E-state index contributed by atoms with van der Waals surface area (Å²) < 4.78 is 10.1. The van der Waals surface area contributed by atoms with E-state index in [2.05, 4.69) is 10.2 Å². The Kier molecular flexibility index (Phi) is 4.35. The standard InChI is InChI=1S/C15H20N2O5/c1-4-21-12(19)15(13(20)22-5-2)8-11(18)14(3,9-15)10-6-7-16-17-10/h6-7H,4-5,8-9H2,1-3H3,(H,16,17). The third-order valence-electron chi connectivity index (χ3n) is 4.13. The molecule has 0 spiro atoms. The van der Waals surface area contributed by atoms with Crippen molar-refractivity contribution in [1.29, 1.82) is 0 Å². The predicted octanol–water partition coefficient (Wildman–Crippen LogP) is 1.14. The van der Waals surface area contributed by atoms with Crippen LogP contribution in [0.4, 0.5) is 0 Å². The summed E-state index contributed by atoms with van der Waals surface area (Å²) in [5, 5.41) is 6.70. The van der Waals surface area contributed by atoms with Crippen LogP contribution in [0.2, 0.25) is 0 Å². The maximum atomic E-state index is 12.6. The number of esters is 2. The first-order valence-corrected chi connectivity index (χ1v) is 7.28. The SMILES string of the molecule is CCOC(=O)C1(C(=O)OCC)CC(=O)C(C)(c2cc[nH]n2)C1. The molecule has 0 saturated heterocycles. The molecule has 22 heavy (non-hydrogen) atoms. The van der Waals surface area contributed by atoms with Gasteiger partial charge in [-0.15, -0.1) is 0 Å². The Bertz CT molecular complexity index is 563. The number of ether oxygens (including phenoxy) is 2. The number of carbonyl (C=O) groups excluding carboxylic acids is 3. The first-order chi connectivity index (χ1) is 10.4.